The SMILES string of the molecule is O=C(O)CN(CCN(CC(=O)O)CC(=O)O)CC(=O)O.[Ce]. The first-order valence-electron chi connectivity index (χ1n) is 5.52. The Bertz CT molecular complexity index is 321. The van der Waals surface area contributed by atoms with E-state index in [2.05, 4.69) is 0 Å². The van der Waals surface area contributed by atoms with Crippen molar-refractivity contribution < 1.29 is 81.4 Å². The molecular weight excluding hydrogens is 416 g/mol. The molecule has 0 spiro atoms. The molecule has 118 valence electrons. The Morgan fingerprint density at radius 1 is 0.571 bits per heavy atom. The molecule has 0 saturated heterocycles. The van der Waals surface area contributed by atoms with Crippen molar-refractivity contribution in [1.82, 2.24) is 9.80 Å². The van der Waals surface area contributed by atoms with E-state index in [1.165, 1.54) is 0 Å². The molecule has 0 heterocycles. The van der Waals surface area contributed by atoms with Gasteiger partial charge in [0.1, 0.15) is 0 Å². The van der Waals surface area contributed by atoms with Gasteiger partial charge in [-0.3, -0.25) is 29.0 Å². The van der Waals surface area contributed by atoms with Gasteiger partial charge < -0.3 is 20.4 Å². The van der Waals surface area contributed by atoms with Gasteiger partial charge >= 0.3 is 23.9 Å². The first-order chi connectivity index (χ1) is 9.20. The third-order valence-corrected chi connectivity index (χ3v) is 2.17. The van der Waals surface area contributed by atoms with Crippen LogP contribution in [-0.4, -0.2) is 93.4 Å². The van der Waals surface area contributed by atoms with E-state index in [0.29, 0.717) is 0 Å². The van der Waals surface area contributed by atoms with Crippen LogP contribution in [0.25, 0.3) is 0 Å². The molecule has 0 bridgehead atoms. The second kappa shape index (κ2) is 11.8. The van der Waals surface area contributed by atoms with Crippen molar-refractivity contribution in [3.8, 4) is 0 Å². The summed E-state index contributed by atoms with van der Waals surface area (Å²) in [6, 6.07) is 0. The number of rotatable bonds is 11. The van der Waals surface area contributed by atoms with Crippen LogP contribution >= 0.6 is 0 Å². The zero-order chi connectivity index (χ0) is 15.7. The Labute approximate surface area is 153 Å². The molecule has 11 heteroatoms. The standard InChI is InChI=1S/C10H16N2O8.Ce/c13-7(14)3-11(4-8(15)16)1-2-12(5-9(17)18)6-10(19)20;/h1-6H2,(H,13,14)(H,15,16)(H,17,18)(H,19,20);. The molecular formula is C10H16CeN2O8. The maximum atomic E-state index is 10.6. The van der Waals surface area contributed by atoms with Gasteiger partial charge in [0, 0.05) is 54.8 Å². The largest absolute Gasteiger partial charge is 0.480 e. The van der Waals surface area contributed by atoms with E-state index in [9.17, 15) is 19.2 Å². The maximum Gasteiger partial charge on any atom is 0.317 e. The summed E-state index contributed by atoms with van der Waals surface area (Å²) in [5.41, 5.74) is 0. The molecule has 0 aliphatic carbocycles. The minimum absolute atomic E-state index is 0. The molecule has 21 heavy (non-hydrogen) atoms. The molecule has 0 aromatic heterocycles. The molecule has 4 N–H and O–H groups in total. The fourth-order valence-electron chi connectivity index (χ4n) is 1.48. The predicted molar refractivity (Wildman–Crippen MR) is 63.4 cm³/mol. The van der Waals surface area contributed by atoms with Crippen molar-refractivity contribution >= 4 is 23.9 Å². The van der Waals surface area contributed by atoms with Gasteiger partial charge in [0.15, 0.2) is 0 Å². The van der Waals surface area contributed by atoms with Crippen molar-refractivity contribution in [2.24, 2.45) is 0 Å². The van der Waals surface area contributed by atoms with E-state index in [1.54, 1.807) is 0 Å². The molecule has 0 saturated carbocycles. The Hall–Kier alpha value is -0.823. The summed E-state index contributed by atoms with van der Waals surface area (Å²) in [5, 5.41) is 34.5. The van der Waals surface area contributed by atoms with Crippen molar-refractivity contribution in [2.45, 2.75) is 0 Å². The number of carbonyl (C=O) groups is 4. The van der Waals surface area contributed by atoms with E-state index in [-0.39, 0.29) is 54.8 Å². The summed E-state index contributed by atoms with van der Waals surface area (Å²) in [6.45, 7) is -2.25. The predicted octanol–water partition coefficient (Wildman–Crippen LogP) is -2.07. The molecule has 0 aliphatic heterocycles. The zero-order valence-electron chi connectivity index (χ0n) is 11.1. The topological polar surface area (TPSA) is 156 Å². The summed E-state index contributed by atoms with van der Waals surface area (Å²) in [7, 11) is 0. The van der Waals surface area contributed by atoms with Crippen molar-refractivity contribution in [3.05, 3.63) is 0 Å². The summed E-state index contributed by atoms with van der Waals surface area (Å²) in [4.78, 5) is 44.4. The van der Waals surface area contributed by atoms with Gasteiger partial charge in [0.2, 0.25) is 0 Å². The van der Waals surface area contributed by atoms with Crippen molar-refractivity contribution in [3.63, 3.8) is 0 Å². The third-order valence-electron chi connectivity index (χ3n) is 2.17. The molecule has 0 unspecified atom stereocenters. The average Bonchev–Trinajstić information content (AvgIpc) is 2.22. The number of hydrogen-bond donors (Lipinski definition) is 4. The first-order valence-corrected chi connectivity index (χ1v) is 5.52. The van der Waals surface area contributed by atoms with E-state index >= 15 is 0 Å². The van der Waals surface area contributed by atoms with Gasteiger partial charge in [-0.05, 0) is 0 Å². The van der Waals surface area contributed by atoms with Gasteiger partial charge in [-0.15, -0.1) is 0 Å². The van der Waals surface area contributed by atoms with Gasteiger partial charge in [-0.2, -0.15) is 0 Å². The monoisotopic (exact) mass is 432 g/mol. The van der Waals surface area contributed by atoms with Crippen LogP contribution in [0.1, 0.15) is 0 Å². The Kier molecular flexibility index (Phi) is 12.6. The molecule has 0 aromatic carbocycles. The minimum Gasteiger partial charge on any atom is -0.480 e. The van der Waals surface area contributed by atoms with Crippen LogP contribution in [0.2, 0.25) is 0 Å². The Morgan fingerprint density at radius 2 is 0.762 bits per heavy atom. The zero-order valence-corrected chi connectivity index (χ0v) is 14.2. The van der Waals surface area contributed by atoms with Crippen molar-refractivity contribution in [2.75, 3.05) is 39.3 Å². The minimum atomic E-state index is -1.23. The van der Waals surface area contributed by atoms with Crippen LogP contribution in [0.4, 0.5) is 0 Å². The van der Waals surface area contributed by atoms with Crippen LogP contribution in [-0.2, 0) is 19.2 Å². The van der Waals surface area contributed by atoms with Gasteiger partial charge in [0.25, 0.3) is 0 Å². The number of carboxylic acids is 4. The molecule has 0 aromatic rings. The maximum absolute atomic E-state index is 10.6. The van der Waals surface area contributed by atoms with Crippen LogP contribution in [0, 0.1) is 41.7 Å². The van der Waals surface area contributed by atoms with Crippen LogP contribution in [0.3, 0.4) is 0 Å². The summed E-state index contributed by atoms with van der Waals surface area (Å²) in [6.07, 6.45) is 0. The first kappa shape index (κ1) is 22.5. The van der Waals surface area contributed by atoms with Crippen molar-refractivity contribution in [1.29, 1.82) is 0 Å². The number of nitrogens with zero attached hydrogens (tertiary/aromatic N) is 2. The van der Waals surface area contributed by atoms with Gasteiger partial charge in [-0.1, -0.05) is 0 Å². The molecule has 10 nitrogen and oxygen atoms in total. The molecule has 0 amide bonds. The second-order valence-electron chi connectivity index (χ2n) is 4.00. The molecule has 0 radical (unpaired) electrons. The summed E-state index contributed by atoms with van der Waals surface area (Å²) in [5.74, 6) is -4.91. The molecule has 0 rings (SSSR count). The van der Waals surface area contributed by atoms with Crippen LogP contribution in [0.5, 0.6) is 0 Å². The van der Waals surface area contributed by atoms with Gasteiger partial charge in [0.05, 0.1) is 26.2 Å². The van der Waals surface area contributed by atoms with Crippen LogP contribution < -0.4 is 0 Å². The summed E-state index contributed by atoms with van der Waals surface area (Å²) < 4.78 is 0. The molecule has 0 atom stereocenters. The quantitative estimate of drug-likeness (QED) is 0.286. The van der Waals surface area contributed by atoms with Crippen LogP contribution in [0.15, 0.2) is 0 Å². The molecule has 0 fully saturated rings. The average molecular weight is 432 g/mol. The second-order valence-corrected chi connectivity index (χ2v) is 4.00. The van der Waals surface area contributed by atoms with E-state index in [1.807, 2.05) is 0 Å². The Morgan fingerprint density at radius 3 is 0.905 bits per heavy atom. The normalized spacial score (nSPS) is 10.2. The number of aliphatic carboxylic acids is 4. The third kappa shape index (κ3) is 13.9. The van der Waals surface area contributed by atoms with E-state index in [4.69, 9.17) is 20.4 Å². The molecule has 0 aliphatic rings. The number of hydrogen-bond acceptors (Lipinski definition) is 6. The van der Waals surface area contributed by atoms with E-state index in [0.717, 1.165) is 9.80 Å². The number of carboxylic acid groups (broad SMARTS) is 4. The Balaban J connectivity index is 0. The summed E-state index contributed by atoms with van der Waals surface area (Å²) >= 11 is 0. The smallest absolute Gasteiger partial charge is 0.317 e. The fourth-order valence-corrected chi connectivity index (χ4v) is 1.48. The van der Waals surface area contributed by atoms with E-state index < -0.39 is 50.1 Å². The van der Waals surface area contributed by atoms with Gasteiger partial charge in [-0.25, -0.2) is 0 Å². The fraction of sp³-hybridized carbons (Fsp3) is 0.600.